The molecule has 2 aromatic rings. The van der Waals surface area contributed by atoms with E-state index in [9.17, 15) is 18.3 Å². The number of methoxy groups -OCH3 is 1. The Morgan fingerprint density at radius 3 is 2.50 bits per heavy atom. The molecule has 2 N–H and O–H groups in total. The molecule has 0 fully saturated rings. The Labute approximate surface area is 201 Å². The van der Waals surface area contributed by atoms with E-state index in [1.807, 2.05) is 25.9 Å². The maximum atomic E-state index is 13.5. The van der Waals surface area contributed by atoms with Crippen molar-refractivity contribution >= 4 is 21.6 Å². The van der Waals surface area contributed by atoms with E-state index < -0.39 is 16.1 Å². The van der Waals surface area contributed by atoms with E-state index in [2.05, 4.69) is 4.72 Å². The zero-order valence-corrected chi connectivity index (χ0v) is 21.0. The number of aliphatic hydroxyl groups is 1. The van der Waals surface area contributed by atoms with Crippen LogP contribution in [0.1, 0.15) is 24.2 Å². The van der Waals surface area contributed by atoms with Crippen LogP contribution in [0.4, 0.5) is 5.69 Å². The summed E-state index contributed by atoms with van der Waals surface area (Å²) in [5, 5.41) is 9.75. The summed E-state index contributed by atoms with van der Waals surface area (Å²) in [5.41, 5.74) is 0.479. The molecule has 1 heterocycles. The van der Waals surface area contributed by atoms with Crippen molar-refractivity contribution in [2.24, 2.45) is 5.92 Å². The van der Waals surface area contributed by atoms with E-state index in [-0.39, 0.29) is 40.7 Å². The lowest BCUT2D eigenvalue weighted by molar-refractivity contribution is 0.0363. The fourth-order valence-corrected chi connectivity index (χ4v) is 4.88. The zero-order valence-electron chi connectivity index (χ0n) is 20.2. The van der Waals surface area contributed by atoms with Crippen LogP contribution in [0, 0.1) is 5.92 Å². The summed E-state index contributed by atoms with van der Waals surface area (Å²) in [4.78, 5) is 17.2. The number of hydrogen-bond donors (Lipinski definition) is 2. The predicted molar refractivity (Wildman–Crippen MR) is 130 cm³/mol. The number of ether oxygens (including phenoxy) is 2. The third-order valence-corrected chi connectivity index (χ3v) is 7.23. The van der Waals surface area contributed by atoms with Gasteiger partial charge in [0.25, 0.3) is 15.9 Å². The van der Waals surface area contributed by atoms with Crippen molar-refractivity contribution in [2.75, 3.05) is 45.6 Å². The van der Waals surface area contributed by atoms with Crippen LogP contribution in [0.5, 0.6) is 11.5 Å². The molecule has 34 heavy (non-hydrogen) atoms. The Hall–Kier alpha value is -2.82. The Morgan fingerprint density at radius 1 is 1.24 bits per heavy atom. The molecule has 9 nitrogen and oxygen atoms in total. The Kier molecular flexibility index (Phi) is 8.06. The van der Waals surface area contributed by atoms with Gasteiger partial charge in [0, 0.05) is 24.7 Å². The molecular formula is C24H33N3O6S. The second-order valence-corrected chi connectivity index (χ2v) is 10.6. The number of carbonyl (C=O) groups is 1. The summed E-state index contributed by atoms with van der Waals surface area (Å²) in [6.45, 7) is 4.66. The molecule has 0 spiro atoms. The molecule has 0 radical (unpaired) electrons. The normalized spacial score (nSPS) is 19.6. The summed E-state index contributed by atoms with van der Waals surface area (Å²) < 4.78 is 39.6. The van der Waals surface area contributed by atoms with Gasteiger partial charge in [0.1, 0.15) is 17.6 Å². The van der Waals surface area contributed by atoms with E-state index in [4.69, 9.17) is 9.47 Å². The highest BCUT2D eigenvalue weighted by molar-refractivity contribution is 7.92. The number of rotatable bonds is 8. The van der Waals surface area contributed by atoms with Crippen LogP contribution < -0.4 is 14.2 Å². The van der Waals surface area contributed by atoms with Crippen LogP contribution in [0.25, 0.3) is 0 Å². The zero-order chi connectivity index (χ0) is 25.0. The van der Waals surface area contributed by atoms with Gasteiger partial charge in [-0.2, -0.15) is 0 Å². The molecular weight excluding hydrogens is 458 g/mol. The minimum absolute atomic E-state index is 0.0155. The number of likely N-dealkylation sites (N-methyl/N-ethyl adjacent to an activating group) is 1. The number of sulfonamides is 1. The minimum atomic E-state index is -3.89. The molecule has 0 unspecified atom stereocenters. The lowest BCUT2D eigenvalue weighted by Gasteiger charge is -2.37. The average Bonchev–Trinajstić information content (AvgIpc) is 2.80. The van der Waals surface area contributed by atoms with E-state index in [0.717, 1.165) is 0 Å². The highest BCUT2D eigenvalue weighted by atomic mass is 32.2. The van der Waals surface area contributed by atoms with Crippen molar-refractivity contribution in [2.45, 2.75) is 30.9 Å². The fourth-order valence-electron chi connectivity index (χ4n) is 3.83. The molecule has 0 saturated carbocycles. The van der Waals surface area contributed by atoms with Gasteiger partial charge in [0.15, 0.2) is 0 Å². The van der Waals surface area contributed by atoms with E-state index >= 15 is 0 Å². The fraction of sp³-hybridized carbons (Fsp3) is 0.458. The molecule has 0 bridgehead atoms. The van der Waals surface area contributed by atoms with Gasteiger partial charge in [-0.15, -0.1) is 0 Å². The van der Waals surface area contributed by atoms with Gasteiger partial charge in [0.2, 0.25) is 0 Å². The molecule has 1 aliphatic rings. The van der Waals surface area contributed by atoms with Crippen LogP contribution in [-0.4, -0.2) is 82.3 Å². The topological polar surface area (TPSA) is 108 Å². The van der Waals surface area contributed by atoms with Crippen molar-refractivity contribution in [1.82, 2.24) is 9.80 Å². The molecule has 1 amide bonds. The number of carbonyl (C=O) groups excluding carboxylic acids is 1. The van der Waals surface area contributed by atoms with Gasteiger partial charge in [0.05, 0.1) is 30.2 Å². The first-order chi connectivity index (χ1) is 16.1. The lowest BCUT2D eigenvalue weighted by atomic mass is 9.99. The molecule has 3 rings (SSSR count). The maximum Gasteiger partial charge on any atom is 0.261 e. The first-order valence-electron chi connectivity index (χ1n) is 11.1. The number of hydrogen-bond acceptors (Lipinski definition) is 7. The van der Waals surface area contributed by atoms with Crippen molar-refractivity contribution in [3.05, 3.63) is 48.0 Å². The molecule has 0 saturated heterocycles. The van der Waals surface area contributed by atoms with Gasteiger partial charge in [-0.25, -0.2) is 8.42 Å². The van der Waals surface area contributed by atoms with Crippen LogP contribution in [0.3, 0.4) is 0 Å². The quantitative estimate of drug-likeness (QED) is 0.583. The van der Waals surface area contributed by atoms with Crippen LogP contribution in [0.2, 0.25) is 0 Å². The number of nitrogens with zero attached hydrogens (tertiary/aromatic N) is 2. The van der Waals surface area contributed by atoms with E-state index in [1.165, 1.54) is 25.3 Å². The van der Waals surface area contributed by atoms with Crippen LogP contribution in [0.15, 0.2) is 47.4 Å². The summed E-state index contributed by atoms with van der Waals surface area (Å²) in [6.07, 6.45) is -0.197. The SMILES string of the molecule is COc1ccc(S(=O)(=O)Nc2ccc3c(c2)C(=O)N([C@@H](C)CO)C[C@@H](C)[C@@H](CN(C)C)O3)cc1. The average molecular weight is 492 g/mol. The number of nitrogens with one attached hydrogen (secondary N) is 1. The van der Waals surface area contributed by atoms with Gasteiger partial charge in [-0.1, -0.05) is 6.92 Å². The summed E-state index contributed by atoms with van der Waals surface area (Å²) in [7, 11) is 1.52. The van der Waals surface area contributed by atoms with Gasteiger partial charge in [-0.3, -0.25) is 9.52 Å². The molecule has 0 aliphatic carbocycles. The van der Waals surface area contributed by atoms with Crippen molar-refractivity contribution in [3.8, 4) is 11.5 Å². The second-order valence-electron chi connectivity index (χ2n) is 8.88. The first-order valence-corrected chi connectivity index (χ1v) is 12.6. The second kappa shape index (κ2) is 10.6. The largest absolute Gasteiger partial charge is 0.497 e. The molecule has 3 atom stereocenters. The van der Waals surface area contributed by atoms with E-state index in [0.29, 0.717) is 24.6 Å². The van der Waals surface area contributed by atoms with Crippen molar-refractivity contribution in [3.63, 3.8) is 0 Å². The summed E-state index contributed by atoms with van der Waals surface area (Å²) in [5.74, 6) is 0.618. The van der Waals surface area contributed by atoms with E-state index in [1.54, 1.807) is 36.1 Å². The number of aliphatic hydroxyl groups excluding tert-OH is 1. The van der Waals surface area contributed by atoms with Gasteiger partial charge < -0.3 is 24.4 Å². The predicted octanol–water partition coefficient (Wildman–Crippen LogP) is 2.28. The third kappa shape index (κ3) is 5.81. The molecule has 0 aromatic heterocycles. The van der Waals surface area contributed by atoms with Crippen LogP contribution >= 0.6 is 0 Å². The van der Waals surface area contributed by atoms with Gasteiger partial charge in [-0.05, 0) is 63.5 Å². The monoisotopic (exact) mass is 491 g/mol. The maximum absolute atomic E-state index is 13.5. The first kappa shape index (κ1) is 25.8. The highest BCUT2D eigenvalue weighted by Crippen LogP contribution is 2.31. The highest BCUT2D eigenvalue weighted by Gasteiger charge is 2.33. The standard InChI is InChI=1S/C24H33N3O6S/c1-16-13-27(17(2)15-28)24(29)21-12-18(6-11-22(21)33-23(16)14-26(3)4)25-34(30,31)20-9-7-19(32-5)8-10-20/h6-12,16-17,23,25,28H,13-15H2,1-5H3/t16-,17+,23-/m1/s1. The third-order valence-electron chi connectivity index (χ3n) is 5.83. The minimum Gasteiger partial charge on any atom is -0.497 e. The Bertz CT molecular complexity index is 1100. The number of benzene rings is 2. The molecule has 10 heteroatoms. The summed E-state index contributed by atoms with van der Waals surface area (Å²) in [6, 6.07) is 10.3. The van der Waals surface area contributed by atoms with Crippen molar-refractivity contribution < 1.29 is 27.8 Å². The molecule has 2 aromatic carbocycles. The number of fused-ring (bicyclic) bond motifs is 1. The Morgan fingerprint density at radius 2 is 1.91 bits per heavy atom. The smallest absolute Gasteiger partial charge is 0.261 e. The van der Waals surface area contributed by atoms with Gasteiger partial charge >= 0.3 is 0 Å². The lowest BCUT2D eigenvalue weighted by Crippen LogP contribution is -2.49. The number of anilines is 1. The Balaban J connectivity index is 1.98. The number of amides is 1. The molecule has 186 valence electrons. The molecule has 1 aliphatic heterocycles. The van der Waals surface area contributed by atoms with Crippen molar-refractivity contribution in [1.29, 1.82) is 0 Å². The van der Waals surface area contributed by atoms with Crippen LogP contribution in [-0.2, 0) is 10.0 Å². The summed E-state index contributed by atoms with van der Waals surface area (Å²) >= 11 is 0.